The van der Waals surface area contributed by atoms with Gasteiger partial charge in [0.2, 0.25) is 0 Å². The number of aromatic amines is 1. The normalized spacial score (nSPS) is 11.4. The second kappa shape index (κ2) is 7.17. The third-order valence-corrected chi connectivity index (χ3v) is 5.13. The van der Waals surface area contributed by atoms with E-state index >= 15 is 0 Å². The van der Waals surface area contributed by atoms with Crippen molar-refractivity contribution in [1.82, 2.24) is 19.9 Å². The van der Waals surface area contributed by atoms with Crippen LogP contribution in [0.4, 0.5) is 0 Å². The third kappa shape index (κ3) is 3.95. The molecule has 1 aromatic carbocycles. The number of H-pyrrole nitrogens is 1. The Morgan fingerprint density at radius 1 is 0.960 bits per heavy atom. The lowest BCUT2D eigenvalue weighted by Crippen LogP contribution is -2.22. The molecule has 0 saturated heterocycles. The quantitative estimate of drug-likeness (QED) is 0.557. The molecule has 0 aliphatic rings. The number of imidazole rings is 1. The van der Waals surface area contributed by atoms with Gasteiger partial charge in [-0.1, -0.05) is 12.1 Å². The molecule has 0 fully saturated rings. The van der Waals surface area contributed by atoms with Crippen molar-refractivity contribution in [3.63, 3.8) is 0 Å². The Morgan fingerprint density at radius 2 is 1.80 bits per heavy atom. The lowest BCUT2D eigenvalue weighted by atomic mass is 10.2. The van der Waals surface area contributed by atoms with Gasteiger partial charge < -0.3 is 4.98 Å². The summed E-state index contributed by atoms with van der Waals surface area (Å²) in [5, 5.41) is 0. The highest BCUT2D eigenvalue weighted by atomic mass is 32.1. The third-order valence-electron chi connectivity index (χ3n) is 4.14. The van der Waals surface area contributed by atoms with E-state index in [0.29, 0.717) is 0 Å². The number of benzene rings is 1. The monoisotopic (exact) mass is 348 g/mol. The summed E-state index contributed by atoms with van der Waals surface area (Å²) in [5.41, 5.74) is 3.38. The van der Waals surface area contributed by atoms with Crippen LogP contribution >= 0.6 is 11.3 Å². The van der Waals surface area contributed by atoms with Crippen molar-refractivity contribution in [3.8, 4) is 0 Å². The molecule has 3 aromatic heterocycles. The Balaban J connectivity index is 1.57. The highest BCUT2D eigenvalue weighted by molar-refractivity contribution is 7.11. The molecule has 0 amide bonds. The molecule has 5 heteroatoms. The smallest absolute Gasteiger partial charge is 0.121 e. The molecular formula is C20H20N4S. The molecule has 4 nitrogen and oxygen atoms in total. The first-order valence-electron chi connectivity index (χ1n) is 8.36. The van der Waals surface area contributed by atoms with E-state index in [2.05, 4.69) is 52.1 Å². The molecule has 0 aliphatic heterocycles. The zero-order chi connectivity index (χ0) is 17.1. The van der Waals surface area contributed by atoms with Crippen molar-refractivity contribution in [2.45, 2.75) is 26.6 Å². The molecule has 0 saturated carbocycles. The molecule has 0 bridgehead atoms. The molecule has 0 unspecified atom stereocenters. The van der Waals surface area contributed by atoms with Gasteiger partial charge in [-0.2, -0.15) is 0 Å². The number of para-hydroxylation sites is 2. The number of aromatic nitrogens is 3. The minimum atomic E-state index is 0.786. The van der Waals surface area contributed by atoms with E-state index in [-0.39, 0.29) is 0 Å². The maximum absolute atomic E-state index is 4.73. The van der Waals surface area contributed by atoms with Crippen LogP contribution in [0.5, 0.6) is 0 Å². The molecule has 126 valence electrons. The highest BCUT2D eigenvalue weighted by Crippen LogP contribution is 2.20. The van der Waals surface area contributed by atoms with Crippen molar-refractivity contribution in [1.29, 1.82) is 0 Å². The number of nitrogens with zero attached hydrogens (tertiary/aromatic N) is 3. The highest BCUT2D eigenvalue weighted by Gasteiger charge is 2.12. The van der Waals surface area contributed by atoms with Crippen LogP contribution in [0.25, 0.3) is 11.0 Å². The van der Waals surface area contributed by atoms with Gasteiger partial charge in [0.1, 0.15) is 5.82 Å². The van der Waals surface area contributed by atoms with Crippen LogP contribution in [-0.2, 0) is 19.6 Å². The van der Waals surface area contributed by atoms with Gasteiger partial charge in [0, 0.05) is 35.2 Å². The van der Waals surface area contributed by atoms with Gasteiger partial charge in [-0.3, -0.25) is 9.88 Å². The number of pyridine rings is 1. The summed E-state index contributed by atoms with van der Waals surface area (Å²) < 4.78 is 0. The van der Waals surface area contributed by atoms with Crippen LogP contribution in [0.2, 0.25) is 0 Å². The maximum Gasteiger partial charge on any atom is 0.121 e. The number of thiophene rings is 1. The second-order valence-electron chi connectivity index (χ2n) is 6.21. The summed E-state index contributed by atoms with van der Waals surface area (Å²) in [7, 11) is 0. The van der Waals surface area contributed by atoms with Crippen LogP contribution < -0.4 is 0 Å². The summed E-state index contributed by atoms with van der Waals surface area (Å²) in [5.74, 6) is 1.00. The molecule has 0 aliphatic carbocycles. The topological polar surface area (TPSA) is 44.8 Å². The van der Waals surface area contributed by atoms with E-state index in [1.165, 1.54) is 15.3 Å². The van der Waals surface area contributed by atoms with Crippen LogP contribution in [-0.4, -0.2) is 19.9 Å². The molecule has 3 heterocycles. The van der Waals surface area contributed by atoms with E-state index in [0.717, 1.165) is 36.5 Å². The molecular weight excluding hydrogens is 328 g/mol. The van der Waals surface area contributed by atoms with Gasteiger partial charge in [0.05, 0.1) is 17.6 Å². The average Bonchev–Trinajstić information content (AvgIpc) is 3.21. The van der Waals surface area contributed by atoms with Gasteiger partial charge in [-0.15, -0.1) is 11.3 Å². The largest absolute Gasteiger partial charge is 0.341 e. The molecule has 4 rings (SSSR count). The SMILES string of the molecule is Cc1ccc(CN(Cc2ccncc2)Cc2nc3ccccc3[nH]2)s1. The van der Waals surface area contributed by atoms with E-state index < -0.39 is 0 Å². The Labute approximate surface area is 151 Å². The first-order chi connectivity index (χ1) is 12.3. The average molecular weight is 348 g/mol. The first-order valence-corrected chi connectivity index (χ1v) is 9.18. The zero-order valence-electron chi connectivity index (χ0n) is 14.1. The van der Waals surface area contributed by atoms with Crippen LogP contribution in [0, 0.1) is 6.92 Å². The lowest BCUT2D eigenvalue weighted by molar-refractivity contribution is 0.244. The minimum Gasteiger partial charge on any atom is -0.341 e. The number of aryl methyl sites for hydroxylation is 1. The van der Waals surface area contributed by atoms with Gasteiger partial charge in [-0.25, -0.2) is 4.98 Å². The number of rotatable bonds is 6. The zero-order valence-corrected chi connectivity index (χ0v) is 15.0. The van der Waals surface area contributed by atoms with Crippen molar-refractivity contribution in [2.75, 3.05) is 0 Å². The number of fused-ring (bicyclic) bond motifs is 1. The number of hydrogen-bond donors (Lipinski definition) is 1. The van der Waals surface area contributed by atoms with Gasteiger partial charge in [-0.05, 0) is 48.9 Å². The lowest BCUT2D eigenvalue weighted by Gasteiger charge is -2.20. The minimum absolute atomic E-state index is 0.786. The number of hydrogen-bond acceptors (Lipinski definition) is 4. The fraction of sp³-hybridized carbons (Fsp3) is 0.200. The standard InChI is InChI=1S/C20H20N4S/c1-15-6-7-17(25-15)13-24(12-16-8-10-21-11-9-16)14-20-22-18-4-2-3-5-19(18)23-20/h2-11H,12-14H2,1H3,(H,22,23). The molecule has 4 aromatic rings. The first kappa shape index (κ1) is 16.0. The van der Waals surface area contributed by atoms with Crippen LogP contribution in [0.1, 0.15) is 21.1 Å². The summed E-state index contributed by atoms with van der Waals surface area (Å²) in [4.78, 5) is 17.4. The Hall–Kier alpha value is -2.50. The van der Waals surface area contributed by atoms with Gasteiger partial charge in [0.15, 0.2) is 0 Å². The van der Waals surface area contributed by atoms with Crippen LogP contribution in [0.15, 0.2) is 60.9 Å². The number of nitrogens with one attached hydrogen (secondary N) is 1. The Kier molecular flexibility index (Phi) is 4.59. The van der Waals surface area contributed by atoms with E-state index in [4.69, 9.17) is 4.98 Å². The van der Waals surface area contributed by atoms with Crippen LogP contribution in [0.3, 0.4) is 0 Å². The van der Waals surface area contributed by atoms with Gasteiger partial charge in [0.25, 0.3) is 0 Å². The van der Waals surface area contributed by atoms with Crippen molar-refractivity contribution in [3.05, 3.63) is 82.1 Å². The predicted octanol–water partition coefficient (Wildman–Crippen LogP) is 4.53. The molecule has 1 N–H and O–H groups in total. The Bertz CT molecular complexity index is 925. The fourth-order valence-corrected chi connectivity index (χ4v) is 3.93. The molecule has 25 heavy (non-hydrogen) atoms. The molecule has 0 atom stereocenters. The summed E-state index contributed by atoms with van der Waals surface area (Å²) in [6.07, 6.45) is 3.70. The summed E-state index contributed by atoms with van der Waals surface area (Å²) in [6, 6.07) is 16.7. The molecule has 0 spiro atoms. The van der Waals surface area contributed by atoms with Crippen molar-refractivity contribution in [2.24, 2.45) is 0 Å². The fourth-order valence-electron chi connectivity index (χ4n) is 3.00. The molecule has 0 radical (unpaired) electrons. The van der Waals surface area contributed by atoms with E-state index in [1.54, 1.807) is 0 Å². The van der Waals surface area contributed by atoms with E-state index in [9.17, 15) is 0 Å². The second-order valence-corrected chi connectivity index (χ2v) is 7.59. The summed E-state index contributed by atoms with van der Waals surface area (Å²) >= 11 is 1.86. The van der Waals surface area contributed by atoms with Crippen molar-refractivity contribution >= 4 is 22.4 Å². The maximum atomic E-state index is 4.73. The predicted molar refractivity (Wildman–Crippen MR) is 102 cm³/mol. The van der Waals surface area contributed by atoms with Crippen molar-refractivity contribution < 1.29 is 0 Å². The summed E-state index contributed by atoms with van der Waals surface area (Å²) in [6.45, 7) is 4.73. The Morgan fingerprint density at radius 3 is 2.56 bits per heavy atom. The van der Waals surface area contributed by atoms with Gasteiger partial charge >= 0.3 is 0 Å². The van der Waals surface area contributed by atoms with E-state index in [1.807, 2.05) is 41.9 Å².